The van der Waals surface area contributed by atoms with Gasteiger partial charge in [-0.1, -0.05) is 6.92 Å². The second kappa shape index (κ2) is 4.28. The first-order chi connectivity index (χ1) is 6.20. The van der Waals surface area contributed by atoms with E-state index in [9.17, 15) is 4.79 Å². The quantitative estimate of drug-likeness (QED) is 0.758. The van der Waals surface area contributed by atoms with Crippen LogP contribution in [0, 0.1) is 0 Å². The lowest BCUT2D eigenvalue weighted by atomic mass is 10.1. The molecule has 1 aromatic rings. The monoisotopic (exact) mass is 199 g/mol. The third-order valence-electron chi connectivity index (χ3n) is 1.76. The van der Waals surface area contributed by atoms with Crippen LogP contribution in [0.2, 0.25) is 0 Å². The van der Waals surface area contributed by atoms with Gasteiger partial charge in [-0.2, -0.15) is 0 Å². The highest BCUT2D eigenvalue weighted by atomic mass is 32.1. The van der Waals surface area contributed by atoms with E-state index in [1.165, 1.54) is 11.3 Å². The van der Waals surface area contributed by atoms with Gasteiger partial charge in [0.2, 0.25) is 0 Å². The Kier molecular flexibility index (Phi) is 3.31. The molecule has 4 heteroatoms. The highest BCUT2D eigenvalue weighted by Crippen LogP contribution is 2.26. The van der Waals surface area contributed by atoms with E-state index in [1.54, 1.807) is 6.92 Å². The van der Waals surface area contributed by atoms with Crippen LogP contribution in [-0.4, -0.2) is 12.6 Å². The number of ether oxygens (including phenoxy) is 1. The van der Waals surface area contributed by atoms with E-state index < -0.39 is 0 Å². The van der Waals surface area contributed by atoms with Crippen molar-refractivity contribution in [1.82, 2.24) is 0 Å². The first-order valence-corrected chi connectivity index (χ1v) is 5.11. The molecule has 0 bridgehead atoms. The van der Waals surface area contributed by atoms with Gasteiger partial charge in [0.25, 0.3) is 0 Å². The van der Waals surface area contributed by atoms with Crippen molar-refractivity contribution in [3.63, 3.8) is 0 Å². The molecular weight excluding hydrogens is 186 g/mol. The van der Waals surface area contributed by atoms with Crippen molar-refractivity contribution >= 4 is 22.3 Å². The van der Waals surface area contributed by atoms with E-state index in [0.29, 0.717) is 17.2 Å². The average molecular weight is 199 g/mol. The summed E-state index contributed by atoms with van der Waals surface area (Å²) in [6.45, 7) is 4.16. The molecule has 0 aliphatic rings. The predicted molar refractivity (Wildman–Crippen MR) is 54.1 cm³/mol. The van der Waals surface area contributed by atoms with Crippen molar-refractivity contribution in [2.75, 3.05) is 12.3 Å². The minimum atomic E-state index is -0.307. The second-order valence-electron chi connectivity index (χ2n) is 2.57. The van der Waals surface area contributed by atoms with Crippen LogP contribution >= 0.6 is 11.3 Å². The van der Waals surface area contributed by atoms with Crippen molar-refractivity contribution < 1.29 is 9.53 Å². The Bertz CT molecular complexity index is 307. The number of anilines is 1. The van der Waals surface area contributed by atoms with Crippen molar-refractivity contribution in [3.05, 3.63) is 16.5 Å². The van der Waals surface area contributed by atoms with Crippen molar-refractivity contribution in [3.8, 4) is 0 Å². The van der Waals surface area contributed by atoms with Gasteiger partial charge in [0, 0.05) is 0 Å². The Morgan fingerprint density at radius 2 is 2.31 bits per heavy atom. The van der Waals surface area contributed by atoms with E-state index in [0.717, 1.165) is 12.0 Å². The van der Waals surface area contributed by atoms with Crippen LogP contribution in [0.15, 0.2) is 5.38 Å². The summed E-state index contributed by atoms with van der Waals surface area (Å²) in [5, 5.41) is 2.46. The summed E-state index contributed by atoms with van der Waals surface area (Å²) >= 11 is 1.39. The fourth-order valence-corrected chi connectivity index (χ4v) is 1.99. The SMILES string of the molecule is CCOC(=O)c1c(CC)csc1N. The number of aryl methyl sites for hydroxylation is 1. The van der Waals surface area contributed by atoms with Crippen LogP contribution in [0.4, 0.5) is 5.00 Å². The number of nitrogens with two attached hydrogens (primary N) is 1. The normalized spacial score (nSPS) is 10.0. The summed E-state index contributed by atoms with van der Waals surface area (Å²) in [7, 11) is 0. The minimum Gasteiger partial charge on any atom is -0.462 e. The van der Waals surface area contributed by atoms with E-state index in [2.05, 4.69) is 0 Å². The number of thiophene rings is 1. The molecule has 0 spiro atoms. The van der Waals surface area contributed by atoms with Crippen LogP contribution in [-0.2, 0) is 11.2 Å². The Labute approximate surface area is 81.5 Å². The Balaban J connectivity index is 2.96. The van der Waals surface area contributed by atoms with E-state index >= 15 is 0 Å². The summed E-state index contributed by atoms with van der Waals surface area (Å²) in [6.07, 6.45) is 0.807. The van der Waals surface area contributed by atoms with Gasteiger partial charge in [0.1, 0.15) is 5.00 Å². The summed E-state index contributed by atoms with van der Waals surface area (Å²) in [4.78, 5) is 11.4. The first-order valence-electron chi connectivity index (χ1n) is 4.23. The maximum Gasteiger partial charge on any atom is 0.341 e. The van der Waals surface area contributed by atoms with Crippen molar-refractivity contribution in [2.45, 2.75) is 20.3 Å². The number of carbonyl (C=O) groups is 1. The lowest BCUT2D eigenvalue weighted by molar-refractivity contribution is 0.0527. The molecule has 1 heterocycles. The molecule has 0 saturated carbocycles. The van der Waals surface area contributed by atoms with Crippen LogP contribution in [0.3, 0.4) is 0 Å². The zero-order chi connectivity index (χ0) is 9.84. The van der Waals surface area contributed by atoms with Gasteiger partial charge in [-0.15, -0.1) is 11.3 Å². The standard InChI is InChI=1S/C9H13NO2S/c1-3-6-5-13-8(10)7(6)9(11)12-4-2/h5H,3-4,10H2,1-2H3. The van der Waals surface area contributed by atoms with Gasteiger partial charge in [0.15, 0.2) is 0 Å². The third-order valence-corrected chi connectivity index (χ3v) is 2.62. The molecule has 72 valence electrons. The van der Waals surface area contributed by atoms with Gasteiger partial charge in [0.05, 0.1) is 12.2 Å². The van der Waals surface area contributed by atoms with Gasteiger partial charge in [-0.3, -0.25) is 0 Å². The molecule has 0 saturated heterocycles. The molecule has 0 aliphatic heterocycles. The lowest BCUT2D eigenvalue weighted by Crippen LogP contribution is -2.08. The zero-order valence-electron chi connectivity index (χ0n) is 7.79. The van der Waals surface area contributed by atoms with Crippen LogP contribution in [0.5, 0.6) is 0 Å². The summed E-state index contributed by atoms with van der Waals surface area (Å²) in [5.74, 6) is -0.307. The average Bonchev–Trinajstić information content (AvgIpc) is 2.47. The van der Waals surface area contributed by atoms with Crippen LogP contribution in [0.25, 0.3) is 0 Å². The second-order valence-corrected chi connectivity index (χ2v) is 3.49. The number of hydrogen-bond donors (Lipinski definition) is 1. The van der Waals surface area contributed by atoms with Gasteiger partial charge < -0.3 is 10.5 Å². The number of nitrogen functional groups attached to an aromatic ring is 1. The molecule has 2 N–H and O–H groups in total. The van der Waals surface area contributed by atoms with E-state index in [4.69, 9.17) is 10.5 Å². The molecule has 0 amide bonds. The van der Waals surface area contributed by atoms with Crippen LogP contribution in [0.1, 0.15) is 29.8 Å². The molecule has 3 nitrogen and oxygen atoms in total. The fraction of sp³-hybridized carbons (Fsp3) is 0.444. The maximum absolute atomic E-state index is 11.4. The van der Waals surface area contributed by atoms with Crippen LogP contribution < -0.4 is 5.73 Å². The minimum absolute atomic E-state index is 0.307. The Morgan fingerprint density at radius 3 is 2.85 bits per heavy atom. The molecule has 0 aliphatic carbocycles. The highest BCUT2D eigenvalue weighted by molar-refractivity contribution is 7.14. The van der Waals surface area contributed by atoms with Gasteiger partial charge in [-0.25, -0.2) is 4.79 Å². The molecular formula is C9H13NO2S. The molecule has 1 rings (SSSR count). The molecule has 1 aromatic heterocycles. The molecule has 0 aromatic carbocycles. The topological polar surface area (TPSA) is 52.3 Å². The Hall–Kier alpha value is -1.03. The first kappa shape index (κ1) is 10.1. The third kappa shape index (κ3) is 2.01. The number of hydrogen-bond acceptors (Lipinski definition) is 4. The predicted octanol–water partition coefficient (Wildman–Crippen LogP) is 2.07. The summed E-state index contributed by atoms with van der Waals surface area (Å²) in [6, 6.07) is 0. The maximum atomic E-state index is 11.4. The fourth-order valence-electron chi connectivity index (χ4n) is 1.11. The van der Waals surface area contributed by atoms with Gasteiger partial charge >= 0.3 is 5.97 Å². The smallest absolute Gasteiger partial charge is 0.341 e. The Morgan fingerprint density at radius 1 is 1.62 bits per heavy atom. The largest absolute Gasteiger partial charge is 0.462 e. The molecule has 0 fully saturated rings. The zero-order valence-corrected chi connectivity index (χ0v) is 8.61. The molecule has 0 radical (unpaired) electrons. The lowest BCUT2D eigenvalue weighted by Gasteiger charge is -2.02. The number of carbonyl (C=O) groups excluding carboxylic acids is 1. The highest BCUT2D eigenvalue weighted by Gasteiger charge is 2.16. The van der Waals surface area contributed by atoms with Crippen molar-refractivity contribution in [1.29, 1.82) is 0 Å². The van der Waals surface area contributed by atoms with Gasteiger partial charge in [-0.05, 0) is 24.3 Å². The summed E-state index contributed by atoms with van der Waals surface area (Å²) < 4.78 is 4.90. The van der Waals surface area contributed by atoms with E-state index in [-0.39, 0.29) is 5.97 Å². The number of rotatable bonds is 3. The summed E-state index contributed by atoms with van der Waals surface area (Å²) in [5.41, 5.74) is 7.19. The molecule has 0 atom stereocenters. The van der Waals surface area contributed by atoms with E-state index in [1.807, 2.05) is 12.3 Å². The molecule has 0 unspecified atom stereocenters. The number of esters is 1. The van der Waals surface area contributed by atoms with Crippen molar-refractivity contribution in [2.24, 2.45) is 0 Å². The molecule has 13 heavy (non-hydrogen) atoms.